The van der Waals surface area contributed by atoms with E-state index >= 15 is 0 Å². The van der Waals surface area contributed by atoms with Crippen molar-refractivity contribution in [3.8, 4) is 0 Å². The minimum Gasteiger partial charge on any atom is -0.405 e. The maximum atomic E-state index is 2.44. The van der Waals surface area contributed by atoms with Gasteiger partial charge in [0.25, 0.3) is 0 Å². The third-order valence-corrected chi connectivity index (χ3v) is 6.00. The number of hydrogen-bond acceptors (Lipinski definition) is 1. The number of benzene rings is 1. The average molecular weight is 331 g/mol. The lowest BCUT2D eigenvalue weighted by Gasteiger charge is -2.28. The van der Waals surface area contributed by atoms with Gasteiger partial charge in [-0.1, -0.05) is 62.4 Å². The molecule has 0 amide bonds. The van der Waals surface area contributed by atoms with Crippen LogP contribution in [0.5, 0.6) is 0 Å². The number of hydrogen-bond donors (Lipinski definition) is 0. The van der Waals surface area contributed by atoms with Gasteiger partial charge in [-0.15, -0.1) is 0 Å². The lowest BCUT2D eigenvalue weighted by Crippen LogP contribution is -2.60. The third kappa shape index (κ3) is 3.37. The molecular formula is C22H28BN2+. The molecule has 2 aliphatic rings. The molecule has 0 saturated heterocycles. The van der Waals surface area contributed by atoms with Crippen LogP contribution in [0, 0.1) is 5.92 Å². The van der Waals surface area contributed by atoms with Crippen molar-refractivity contribution >= 4 is 24.2 Å². The summed E-state index contributed by atoms with van der Waals surface area (Å²) in [5.74, 6) is 3.22. The van der Waals surface area contributed by atoms with Crippen LogP contribution in [0.4, 0.5) is 5.69 Å². The molecule has 1 aliphatic carbocycles. The molecule has 1 aromatic heterocycles. The second-order valence-corrected chi connectivity index (χ2v) is 7.75. The van der Waals surface area contributed by atoms with Gasteiger partial charge in [0, 0.05) is 17.8 Å². The van der Waals surface area contributed by atoms with E-state index in [-0.39, 0.29) is 0 Å². The fourth-order valence-corrected chi connectivity index (χ4v) is 4.50. The number of aromatic nitrogens is 1. The molecular weight excluding hydrogens is 303 g/mol. The molecule has 1 fully saturated rings. The number of nitrogens with zero attached hydrogens (tertiary/aromatic N) is 2. The van der Waals surface area contributed by atoms with Crippen LogP contribution in [0.25, 0.3) is 6.08 Å². The zero-order valence-electron chi connectivity index (χ0n) is 15.5. The van der Waals surface area contributed by atoms with Gasteiger partial charge in [-0.05, 0) is 36.6 Å². The van der Waals surface area contributed by atoms with Crippen molar-refractivity contribution in [2.45, 2.75) is 38.5 Å². The predicted octanol–water partition coefficient (Wildman–Crippen LogP) is 3.53. The smallest absolute Gasteiger partial charge is 0.396 e. The van der Waals surface area contributed by atoms with E-state index in [1.165, 1.54) is 60.9 Å². The zero-order valence-corrected chi connectivity index (χ0v) is 15.5. The van der Waals surface area contributed by atoms with E-state index in [2.05, 4.69) is 78.1 Å². The number of para-hydroxylation sites is 1. The quantitative estimate of drug-likeness (QED) is 0.616. The summed E-state index contributed by atoms with van der Waals surface area (Å²) >= 11 is 0. The predicted molar refractivity (Wildman–Crippen MR) is 107 cm³/mol. The van der Waals surface area contributed by atoms with E-state index < -0.39 is 0 Å². The molecule has 0 N–H and O–H groups in total. The standard InChI is InChI=1S/C22H28BN2/c1-24-15-13-19(16-18-8-4-3-5-9-18)17-22(24)23-14-12-20-10-6-7-11-21(20)25(23)2/h6-7,10-15,17-18H,3-5,8-9,16H2,1-2H3/q+1. The zero-order chi connectivity index (χ0) is 17.2. The van der Waals surface area contributed by atoms with Crippen LogP contribution in [0.3, 0.4) is 0 Å². The van der Waals surface area contributed by atoms with E-state index in [1.54, 1.807) is 0 Å². The van der Waals surface area contributed by atoms with Gasteiger partial charge in [0.05, 0.1) is 0 Å². The fraction of sp³-hybridized carbons (Fsp3) is 0.409. The van der Waals surface area contributed by atoms with E-state index in [0.717, 1.165) is 5.92 Å². The summed E-state index contributed by atoms with van der Waals surface area (Å²) in [4.78, 5) is 2.40. The lowest BCUT2D eigenvalue weighted by atomic mass is 9.54. The van der Waals surface area contributed by atoms with Gasteiger partial charge in [-0.25, -0.2) is 4.57 Å². The average Bonchev–Trinajstić information content (AvgIpc) is 2.65. The highest BCUT2D eigenvalue weighted by molar-refractivity contribution is 6.80. The second-order valence-electron chi connectivity index (χ2n) is 7.75. The van der Waals surface area contributed by atoms with E-state index in [4.69, 9.17) is 0 Å². The van der Waals surface area contributed by atoms with Gasteiger partial charge in [0.1, 0.15) is 7.05 Å². The Hall–Kier alpha value is -2.03. The van der Waals surface area contributed by atoms with Crippen LogP contribution in [-0.4, -0.2) is 13.9 Å². The Balaban J connectivity index is 1.61. The first-order chi connectivity index (χ1) is 12.2. The monoisotopic (exact) mass is 331 g/mol. The summed E-state index contributed by atoms with van der Waals surface area (Å²) in [5.41, 5.74) is 5.50. The third-order valence-electron chi connectivity index (χ3n) is 6.00. The Morgan fingerprint density at radius 1 is 1.12 bits per heavy atom. The van der Waals surface area contributed by atoms with Crippen molar-refractivity contribution in [3.63, 3.8) is 0 Å². The van der Waals surface area contributed by atoms with Gasteiger partial charge in [0.15, 0.2) is 11.8 Å². The first-order valence-electron chi connectivity index (χ1n) is 9.71. The molecule has 1 aromatic carbocycles. The maximum Gasteiger partial charge on any atom is 0.396 e. The van der Waals surface area contributed by atoms with E-state index in [1.807, 2.05) is 0 Å². The van der Waals surface area contributed by atoms with E-state index in [9.17, 15) is 0 Å². The van der Waals surface area contributed by atoms with Crippen molar-refractivity contribution in [1.82, 2.24) is 0 Å². The summed E-state index contributed by atoms with van der Waals surface area (Å²) in [6, 6.07) is 13.4. The lowest BCUT2D eigenvalue weighted by molar-refractivity contribution is -0.654. The van der Waals surface area contributed by atoms with Crippen LogP contribution in [-0.2, 0) is 13.5 Å². The SMILES string of the molecule is CN1B(c2cc(CC3CCCCC3)cc[n+]2C)C=Cc2ccccc21. The molecule has 25 heavy (non-hydrogen) atoms. The summed E-state index contributed by atoms with van der Waals surface area (Å²) in [7, 11) is 4.38. The molecule has 3 heteroatoms. The van der Waals surface area contributed by atoms with Gasteiger partial charge in [-0.2, -0.15) is 0 Å². The molecule has 1 aliphatic heterocycles. The normalized spacial score (nSPS) is 17.7. The van der Waals surface area contributed by atoms with Crippen molar-refractivity contribution < 1.29 is 4.57 Å². The van der Waals surface area contributed by atoms with Crippen molar-refractivity contribution in [3.05, 3.63) is 59.7 Å². The fourth-order valence-electron chi connectivity index (χ4n) is 4.50. The second kappa shape index (κ2) is 7.07. The Bertz CT molecular complexity index is 777. The highest BCUT2D eigenvalue weighted by atomic mass is 15.1. The molecule has 0 spiro atoms. The van der Waals surface area contributed by atoms with Gasteiger partial charge >= 0.3 is 6.85 Å². The molecule has 2 nitrogen and oxygen atoms in total. The van der Waals surface area contributed by atoms with Crippen LogP contribution < -0.4 is 15.0 Å². The first kappa shape index (κ1) is 16.4. The Morgan fingerprint density at radius 3 is 2.76 bits per heavy atom. The topological polar surface area (TPSA) is 7.12 Å². The van der Waals surface area contributed by atoms with Gasteiger partial charge in [0.2, 0.25) is 0 Å². The summed E-state index contributed by atoms with van der Waals surface area (Å²) in [6.07, 6.45) is 12.8. The van der Waals surface area contributed by atoms with Crippen LogP contribution >= 0.6 is 0 Å². The first-order valence-corrected chi connectivity index (χ1v) is 9.71. The highest BCUT2D eigenvalue weighted by Crippen LogP contribution is 2.27. The summed E-state index contributed by atoms with van der Waals surface area (Å²) < 4.78 is 2.28. The van der Waals surface area contributed by atoms with Crippen LogP contribution in [0.1, 0.15) is 43.2 Å². The molecule has 0 bridgehead atoms. The molecule has 2 heterocycles. The Labute approximate surface area is 152 Å². The largest absolute Gasteiger partial charge is 0.405 e. The van der Waals surface area contributed by atoms with Crippen LogP contribution in [0.2, 0.25) is 0 Å². The minimum absolute atomic E-state index is 0.297. The molecule has 0 radical (unpaired) electrons. The maximum absolute atomic E-state index is 2.44. The van der Waals surface area contributed by atoms with Gasteiger partial charge in [-0.3, -0.25) is 0 Å². The molecule has 2 aromatic rings. The number of pyridine rings is 1. The number of anilines is 1. The number of fused-ring (bicyclic) bond motifs is 1. The number of rotatable bonds is 3. The van der Waals surface area contributed by atoms with Crippen LogP contribution in [0.15, 0.2) is 48.6 Å². The van der Waals surface area contributed by atoms with Gasteiger partial charge < -0.3 is 4.81 Å². The minimum atomic E-state index is 0.297. The van der Waals surface area contributed by atoms with Crippen molar-refractivity contribution in [2.75, 3.05) is 11.9 Å². The van der Waals surface area contributed by atoms with Crippen molar-refractivity contribution in [1.29, 1.82) is 0 Å². The molecule has 1 saturated carbocycles. The number of aryl methyl sites for hydroxylation is 1. The highest BCUT2D eigenvalue weighted by Gasteiger charge is 2.32. The molecule has 0 atom stereocenters. The Kier molecular flexibility index (Phi) is 4.65. The Morgan fingerprint density at radius 2 is 1.92 bits per heavy atom. The molecule has 0 unspecified atom stereocenters. The van der Waals surface area contributed by atoms with Crippen molar-refractivity contribution in [2.24, 2.45) is 13.0 Å². The summed E-state index contributed by atoms with van der Waals surface area (Å²) in [6.45, 7) is 0.297. The van der Waals surface area contributed by atoms with E-state index in [0.29, 0.717) is 6.85 Å². The molecule has 128 valence electrons. The molecule has 4 rings (SSSR count). The summed E-state index contributed by atoms with van der Waals surface area (Å²) in [5, 5.41) is 0.